The van der Waals surface area contributed by atoms with Gasteiger partial charge in [0.1, 0.15) is 0 Å². The Bertz CT molecular complexity index is 384. The Balaban J connectivity index is 1.59. The fraction of sp³-hybridized carbons (Fsp3) is 0.812. The minimum atomic E-state index is 0.644. The first-order chi connectivity index (χ1) is 9.36. The smallest absolute Gasteiger partial charge is 0.203 e. The number of anilines is 1. The van der Waals surface area contributed by atoms with Crippen LogP contribution in [0, 0.1) is 5.92 Å². The van der Waals surface area contributed by atoms with Crippen LogP contribution in [0.1, 0.15) is 70.8 Å². The lowest BCUT2D eigenvalue weighted by Gasteiger charge is -2.29. The maximum Gasteiger partial charge on any atom is 0.203 e. The Morgan fingerprint density at radius 2 is 1.89 bits per heavy atom. The summed E-state index contributed by atoms with van der Waals surface area (Å²) in [5.41, 5.74) is 0. The maximum absolute atomic E-state index is 4.55. The van der Waals surface area contributed by atoms with Crippen LogP contribution in [0.5, 0.6) is 0 Å². The first-order valence-corrected chi connectivity index (χ1v) is 8.16. The van der Waals surface area contributed by atoms with E-state index in [-0.39, 0.29) is 0 Å². The van der Waals surface area contributed by atoms with Crippen molar-refractivity contribution in [2.24, 2.45) is 5.92 Å². The summed E-state index contributed by atoms with van der Waals surface area (Å²) in [6, 6.07) is 1.34. The van der Waals surface area contributed by atoms with Gasteiger partial charge in [-0.1, -0.05) is 26.2 Å². The van der Waals surface area contributed by atoms with Crippen molar-refractivity contribution in [2.75, 3.05) is 5.32 Å². The molecule has 106 valence electrons. The van der Waals surface area contributed by atoms with Gasteiger partial charge in [-0.15, -0.1) is 0 Å². The predicted octanol–water partition coefficient (Wildman–Crippen LogP) is 4.38. The van der Waals surface area contributed by atoms with Gasteiger partial charge in [0.05, 0.1) is 0 Å². The second-order valence-electron chi connectivity index (χ2n) is 6.37. The molecule has 1 aromatic rings. The molecule has 0 saturated heterocycles. The van der Waals surface area contributed by atoms with E-state index >= 15 is 0 Å². The van der Waals surface area contributed by atoms with Crippen molar-refractivity contribution in [3.05, 3.63) is 12.4 Å². The number of imidazole rings is 1. The normalized spacial score (nSPS) is 28.7. The Labute approximate surface area is 116 Å². The fourth-order valence-electron chi connectivity index (χ4n) is 3.80. The summed E-state index contributed by atoms with van der Waals surface area (Å²) in [5.74, 6) is 2.08. The summed E-state index contributed by atoms with van der Waals surface area (Å²) in [4.78, 5) is 4.55. The summed E-state index contributed by atoms with van der Waals surface area (Å²) >= 11 is 0. The predicted molar refractivity (Wildman–Crippen MR) is 79.4 cm³/mol. The van der Waals surface area contributed by atoms with Gasteiger partial charge >= 0.3 is 0 Å². The van der Waals surface area contributed by atoms with Gasteiger partial charge in [-0.2, -0.15) is 0 Å². The summed E-state index contributed by atoms with van der Waals surface area (Å²) in [6.07, 6.45) is 16.3. The molecule has 0 bridgehead atoms. The third-order valence-electron chi connectivity index (χ3n) is 5.14. The van der Waals surface area contributed by atoms with E-state index in [1.807, 2.05) is 6.20 Å². The molecule has 0 amide bonds. The summed E-state index contributed by atoms with van der Waals surface area (Å²) in [5, 5.41) is 3.70. The van der Waals surface area contributed by atoms with Gasteiger partial charge in [0.15, 0.2) is 0 Å². The highest BCUT2D eigenvalue weighted by Gasteiger charge is 2.23. The number of nitrogens with one attached hydrogen (secondary N) is 1. The molecule has 1 N–H and O–H groups in total. The number of rotatable bonds is 4. The molecule has 0 spiro atoms. The zero-order valence-electron chi connectivity index (χ0n) is 12.1. The van der Waals surface area contributed by atoms with Crippen molar-refractivity contribution in [3.8, 4) is 0 Å². The molecule has 1 heterocycles. The molecule has 2 aliphatic rings. The van der Waals surface area contributed by atoms with E-state index in [1.165, 1.54) is 57.8 Å². The third kappa shape index (κ3) is 2.96. The average molecular weight is 261 g/mol. The van der Waals surface area contributed by atoms with Crippen LogP contribution in [0.25, 0.3) is 0 Å². The third-order valence-corrected chi connectivity index (χ3v) is 5.14. The van der Waals surface area contributed by atoms with Crippen molar-refractivity contribution in [1.82, 2.24) is 9.55 Å². The minimum absolute atomic E-state index is 0.644. The molecule has 1 aromatic heterocycles. The number of aromatic nitrogens is 2. The summed E-state index contributed by atoms with van der Waals surface area (Å²) in [6.45, 7) is 2.32. The van der Waals surface area contributed by atoms with Crippen molar-refractivity contribution >= 4 is 5.95 Å². The van der Waals surface area contributed by atoms with Gasteiger partial charge in [-0.25, -0.2) is 4.98 Å². The van der Waals surface area contributed by atoms with E-state index in [1.54, 1.807) is 0 Å². The zero-order chi connectivity index (χ0) is 13.1. The molecule has 3 rings (SSSR count). The molecule has 0 atom stereocenters. The molecule has 0 unspecified atom stereocenters. The average Bonchev–Trinajstić information content (AvgIpc) is 3.10. The monoisotopic (exact) mass is 261 g/mol. The van der Waals surface area contributed by atoms with Crippen LogP contribution >= 0.6 is 0 Å². The summed E-state index contributed by atoms with van der Waals surface area (Å²) < 4.78 is 2.39. The first kappa shape index (κ1) is 13.0. The molecule has 0 aliphatic heterocycles. The SMILES string of the molecule is CCC1CCC(Nc2nccn2C2CCCC2)CC1. The molecule has 0 aromatic carbocycles. The van der Waals surface area contributed by atoms with Crippen LogP contribution in [-0.2, 0) is 0 Å². The molecule has 19 heavy (non-hydrogen) atoms. The first-order valence-electron chi connectivity index (χ1n) is 8.16. The van der Waals surface area contributed by atoms with Gasteiger partial charge < -0.3 is 9.88 Å². The van der Waals surface area contributed by atoms with E-state index in [9.17, 15) is 0 Å². The molecule has 3 nitrogen and oxygen atoms in total. The van der Waals surface area contributed by atoms with Crippen LogP contribution < -0.4 is 5.32 Å². The quantitative estimate of drug-likeness (QED) is 0.871. The van der Waals surface area contributed by atoms with Gasteiger partial charge in [-0.05, 0) is 44.4 Å². The standard InChI is InChI=1S/C16H27N3/c1-2-13-7-9-14(10-8-13)18-16-17-11-12-19(16)15-5-3-4-6-15/h11-15H,2-10H2,1H3,(H,17,18). The van der Waals surface area contributed by atoms with E-state index in [4.69, 9.17) is 0 Å². The molecule has 2 fully saturated rings. The molecular formula is C16H27N3. The van der Waals surface area contributed by atoms with Crippen LogP contribution in [0.15, 0.2) is 12.4 Å². The number of hydrogen-bond donors (Lipinski definition) is 1. The molecule has 0 radical (unpaired) electrons. The number of hydrogen-bond acceptors (Lipinski definition) is 2. The fourth-order valence-corrected chi connectivity index (χ4v) is 3.80. The van der Waals surface area contributed by atoms with Crippen molar-refractivity contribution in [2.45, 2.75) is 76.8 Å². The van der Waals surface area contributed by atoms with Crippen LogP contribution in [-0.4, -0.2) is 15.6 Å². The Morgan fingerprint density at radius 3 is 2.58 bits per heavy atom. The minimum Gasteiger partial charge on any atom is -0.353 e. The largest absolute Gasteiger partial charge is 0.353 e. The molecule has 2 aliphatic carbocycles. The van der Waals surface area contributed by atoms with Crippen LogP contribution in [0.3, 0.4) is 0 Å². The Hall–Kier alpha value is -0.990. The Kier molecular flexibility index (Phi) is 4.09. The lowest BCUT2D eigenvalue weighted by atomic mass is 9.85. The second-order valence-corrected chi connectivity index (χ2v) is 6.37. The van der Waals surface area contributed by atoms with Gasteiger partial charge in [0.2, 0.25) is 5.95 Å². The van der Waals surface area contributed by atoms with Crippen molar-refractivity contribution in [3.63, 3.8) is 0 Å². The van der Waals surface area contributed by atoms with Gasteiger partial charge in [0, 0.05) is 24.5 Å². The highest BCUT2D eigenvalue weighted by molar-refractivity contribution is 5.28. The van der Waals surface area contributed by atoms with Gasteiger partial charge in [-0.3, -0.25) is 0 Å². The lowest BCUT2D eigenvalue weighted by Crippen LogP contribution is -2.27. The van der Waals surface area contributed by atoms with Crippen molar-refractivity contribution in [1.29, 1.82) is 0 Å². The van der Waals surface area contributed by atoms with Crippen LogP contribution in [0.2, 0.25) is 0 Å². The highest BCUT2D eigenvalue weighted by Crippen LogP contribution is 2.33. The summed E-state index contributed by atoms with van der Waals surface area (Å²) in [7, 11) is 0. The van der Waals surface area contributed by atoms with E-state index in [0.717, 1.165) is 11.9 Å². The maximum atomic E-state index is 4.55. The van der Waals surface area contributed by atoms with E-state index < -0.39 is 0 Å². The Morgan fingerprint density at radius 1 is 1.16 bits per heavy atom. The molecule has 3 heteroatoms. The van der Waals surface area contributed by atoms with Gasteiger partial charge in [0.25, 0.3) is 0 Å². The lowest BCUT2D eigenvalue weighted by molar-refractivity contribution is 0.328. The van der Waals surface area contributed by atoms with Crippen molar-refractivity contribution < 1.29 is 0 Å². The molecular weight excluding hydrogens is 234 g/mol. The van der Waals surface area contributed by atoms with Crippen LogP contribution in [0.4, 0.5) is 5.95 Å². The number of nitrogens with zero attached hydrogens (tertiary/aromatic N) is 2. The second kappa shape index (κ2) is 5.98. The zero-order valence-corrected chi connectivity index (χ0v) is 12.1. The van der Waals surface area contributed by atoms with E-state index in [2.05, 4.69) is 28.0 Å². The van der Waals surface area contributed by atoms with E-state index in [0.29, 0.717) is 12.1 Å². The topological polar surface area (TPSA) is 29.9 Å². The molecule has 2 saturated carbocycles. The highest BCUT2D eigenvalue weighted by atomic mass is 15.2.